The number of methoxy groups -OCH3 is 2. The molecule has 0 aromatic heterocycles. The molecule has 4 aromatic rings. The van der Waals surface area contributed by atoms with E-state index in [9.17, 15) is 29.6 Å². The van der Waals surface area contributed by atoms with E-state index in [-0.39, 0.29) is 41.5 Å². The van der Waals surface area contributed by atoms with Gasteiger partial charge in [0.25, 0.3) is 17.5 Å². The van der Waals surface area contributed by atoms with Crippen molar-refractivity contribution in [3.8, 4) is 17.2 Å². The van der Waals surface area contributed by atoms with Crippen molar-refractivity contribution in [2.45, 2.75) is 31.1 Å². The van der Waals surface area contributed by atoms with Gasteiger partial charge >= 0.3 is 0 Å². The number of rotatable bonds is 8. The number of allylic oxidation sites excluding steroid dienone is 2. The summed E-state index contributed by atoms with van der Waals surface area (Å²) in [6, 6.07) is 25.0. The second kappa shape index (κ2) is 12.9. The number of hydrazine groups is 1. The molecule has 6 unspecified atom stereocenters. The van der Waals surface area contributed by atoms with Crippen LogP contribution >= 0.6 is 0 Å². The third-order valence-corrected chi connectivity index (χ3v) is 11.5. The van der Waals surface area contributed by atoms with Crippen LogP contribution in [0.4, 0.5) is 17.1 Å². The van der Waals surface area contributed by atoms with Crippen LogP contribution in [0.5, 0.6) is 17.2 Å². The largest absolute Gasteiger partial charge is 0.502 e. The van der Waals surface area contributed by atoms with Gasteiger partial charge in [-0.1, -0.05) is 65.7 Å². The fourth-order valence-electron chi connectivity index (χ4n) is 9.20. The zero-order valence-electron chi connectivity index (χ0n) is 29.6. The van der Waals surface area contributed by atoms with Gasteiger partial charge < -0.3 is 14.6 Å². The molecule has 0 radical (unpaired) electrons. The SMILES string of the molecule is COc1cc(C2C3=CCC4C(=O)N(c5cccc([N+](=O)[O-])c5)C(=O)C4C3CC3C(=O)N(Nc4ccc(C)cc4)C(=O)C32c2ccccc2)cc(OC)c1O. The molecule has 8 rings (SSSR count). The van der Waals surface area contributed by atoms with E-state index in [2.05, 4.69) is 5.43 Å². The van der Waals surface area contributed by atoms with Crippen molar-refractivity contribution in [2.24, 2.45) is 23.7 Å². The fraction of sp³-hybridized carbons (Fsp3) is 0.268. The minimum absolute atomic E-state index is 0.0587. The molecular weight excluding hydrogens is 692 g/mol. The maximum absolute atomic E-state index is 15.4. The summed E-state index contributed by atoms with van der Waals surface area (Å²) in [5, 5.41) is 23.7. The standard InChI is InChI=1S/C41H36N4O9/c1-22-12-14-25(15-13-22)42-44-38(48)31-21-30-28(16-17-29-34(30)39(49)43(37(29)47)26-10-7-11-27(20-26)45(51)52)35(23-18-32(53-2)36(46)33(19-23)54-3)41(31,40(44)50)24-8-5-4-6-9-24/h4-16,18-20,29-31,34-35,42,46H,17,21H2,1-3H3. The van der Waals surface area contributed by atoms with Crippen LogP contribution in [0.1, 0.15) is 35.4 Å². The molecule has 2 saturated heterocycles. The van der Waals surface area contributed by atoms with E-state index in [1.165, 1.54) is 38.5 Å². The van der Waals surface area contributed by atoms with Crippen LogP contribution in [0.15, 0.2) is 103 Å². The first kappa shape index (κ1) is 34.6. The Morgan fingerprint density at radius 3 is 2.19 bits per heavy atom. The van der Waals surface area contributed by atoms with Crippen molar-refractivity contribution in [1.82, 2.24) is 5.01 Å². The van der Waals surface area contributed by atoms with E-state index in [0.29, 0.717) is 22.4 Å². The second-order valence-corrected chi connectivity index (χ2v) is 14.2. The Bertz CT molecular complexity index is 2250. The highest BCUT2D eigenvalue weighted by Crippen LogP contribution is 2.65. The zero-order valence-corrected chi connectivity index (χ0v) is 29.6. The molecule has 1 saturated carbocycles. The molecular formula is C41H36N4O9. The Hall–Kier alpha value is -6.50. The molecule has 4 aliphatic rings. The number of non-ortho nitro benzene ring substituents is 1. The number of aryl methyl sites for hydroxylation is 1. The highest BCUT2D eigenvalue weighted by atomic mass is 16.6. The van der Waals surface area contributed by atoms with E-state index >= 15 is 4.79 Å². The minimum atomic E-state index is -1.55. The third-order valence-electron chi connectivity index (χ3n) is 11.5. The molecule has 6 atom stereocenters. The molecule has 0 spiro atoms. The summed E-state index contributed by atoms with van der Waals surface area (Å²) in [7, 11) is 2.79. The summed E-state index contributed by atoms with van der Waals surface area (Å²) in [4.78, 5) is 70.9. The number of amides is 4. The number of phenolic OH excluding ortho intramolecular Hbond substituents is 1. The van der Waals surface area contributed by atoms with E-state index in [4.69, 9.17) is 9.47 Å². The monoisotopic (exact) mass is 728 g/mol. The van der Waals surface area contributed by atoms with Gasteiger partial charge in [-0.3, -0.25) is 34.7 Å². The molecule has 3 fully saturated rings. The average molecular weight is 729 g/mol. The fourth-order valence-corrected chi connectivity index (χ4v) is 9.20. The molecule has 274 valence electrons. The highest BCUT2D eigenvalue weighted by molar-refractivity contribution is 6.22. The molecule has 4 amide bonds. The molecule has 13 nitrogen and oxygen atoms in total. The third kappa shape index (κ3) is 4.98. The maximum Gasteiger partial charge on any atom is 0.271 e. The molecule has 2 aliphatic carbocycles. The van der Waals surface area contributed by atoms with Crippen molar-refractivity contribution in [1.29, 1.82) is 0 Å². The average Bonchev–Trinajstić information content (AvgIpc) is 3.56. The van der Waals surface area contributed by atoms with E-state index in [0.717, 1.165) is 15.5 Å². The number of hydrogen-bond acceptors (Lipinski definition) is 10. The number of fused-ring (bicyclic) bond motifs is 4. The van der Waals surface area contributed by atoms with E-state index in [1.807, 2.05) is 43.3 Å². The number of phenols is 1. The topological polar surface area (TPSA) is 169 Å². The Balaban J connectivity index is 1.34. The second-order valence-electron chi connectivity index (χ2n) is 14.2. The lowest BCUT2D eigenvalue weighted by molar-refractivity contribution is -0.384. The highest BCUT2D eigenvalue weighted by Gasteiger charge is 2.70. The van der Waals surface area contributed by atoms with Crippen LogP contribution in [0.3, 0.4) is 0 Å². The predicted octanol–water partition coefficient (Wildman–Crippen LogP) is 5.82. The summed E-state index contributed by atoms with van der Waals surface area (Å²) in [6.07, 6.45) is 2.11. The summed E-state index contributed by atoms with van der Waals surface area (Å²) in [6.45, 7) is 1.93. The van der Waals surface area contributed by atoms with Crippen LogP contribution < -0.4 is 19.8 Å². The normalized spacial score (nSPS) is 25.8. The minimum Gasteiger partial charge on any atom is -0.502 e. The quantitative estimate of drug-likeness (QED) is 0.0977. The van der Waals surface area contributed by atoms with Gasteiger partial charge in [-0.15, -0.1) is 0 Å². The number of carbonyl (C=O) groups is 4. The maximum atomic E-state index is 15.4. The Morgan fingerprint density at radius 1 is 0.852 bits per heavy atom. The number of nitro benzene ring substituents is 1. The van der Waals surface area contributed by atoms with Gasteiger partial charge in [0.2, 0.25) is 17.6 Å². The summed E-state index contributed by atoms with van der Waals surface area (Å²) < 4.78 is 11.2. The number of nitrogens with one attached hydrogen (secondary N) is 1. The lowest BCUT2D eigenvalue weighted by atomic mass is 9.49. The number of aromatic hydroxyl groups is 1. The van der Waals surface area contributed by atoms with Crippen molar-refractivity contribution in [3.63, 3.8) is 0 Å². The first-order valence-electron chi connectivity index (χ1n) is 17.6. The smallest absolute Gasteiger partial charge is 0.271 e. The molecule has 4 aromatic carbocycles. The van der Waals surface area contributed by atoms with E-state index < -0.39 is 63.6 Å². The summed E-state index contributed by atoms with van der Waals surface area (Å²) in [5.74, 6) is -6.43. The number of nitrogens with zero attached hydrogens (tertiary/aromatic N) is 3. The summed E-state index contributed by atoms with van der Waals surface area (Å²) in [5.41, 5.74) is 4.62. The first-order valence-corrected chi connectivity index (χ1v) is 17.6. The number of nitro groups is 1. The Morgan fingerprint density at radius 2 is 1.54 bits per heavy atom. The van der Waals surface area contributed by atoms with Crippen LogP contribution in [0, 0.1) is 40.7 Å². The Labute approximate surface area is 309 Å². The molecule has 2 heterocycles. The van der Waals surface area contributed by atoms with Crippen LogP contribution in [-0.4, -0.2) is 52.9 Å². The predicted molar refractivity (Wildman–Crippen MR) is 196 cm³/mol. The van der Waals surface area contributed by atoms with Gasteiger partial charge in [-0.05, 0) is 67.1 Å². The number of anilines is 2. The van der Waals surface area contributed by atoms with Gasteiger partial charge in [0.05, 0.1) is 53.7 Å². The zero-order chi connectivity index (χ0) is 38.1. The van der Waals surface area contributed by atoms with Crippen LogP contribution in [0.2, 0.25) is 0 Å². The van der Waals surface area contributed by atoms with Gasteiger partial charge in [0.1, 0.15) is 0 Å². The number of benzene rings is 4. The van der Waals surface area contributed by atoms with Crippen molar-refractivity contribution < 1.29 is 38.7 Å². The Kier molecular flexibility index (Phi) is 8.24. The lowest BCUT2D eigenvalue weighted by Crippen LogP contribution is -2.53. The summed E-state index contributed by atoms with van der Waals surface area (Å²) >= 11 is 0. The van der Waals surface area contributed by atoms with Crippen LogP contribution in [-0.2, 0) is 24.6 Å². The number of ether oxygens (including phenoxy) is 2. The number of imide groups is 2. The molecule has 0 bridgehead atoms. The van der Waals surface area contributed by atoms with E-state index in [1.54, 1.807) is 36.4 Å². The number of hydrogen-bond donors (Lipinski definition) is 2. The molecule has 54 heavy (non-hydrogen) atoms. The molecule has 2 aliphatic heterocycles. The van der Waals surface area contributed by atoms with Gasteiger partial charge in [-0.25, -0.2) is 4.90 Å². The first-order chi connectivity index (χ1) is 26.0. The van der Waals surface area contributed by atoms with Crippen molar-refractivity contribution in [3.05, 3.63) is 129 Å². The van der Waals surface area contributed by atoms with Crippen molar-refractivity contribution >= 4 is 40.7 Å². The van der Waals surface area contributed by atoms with Crippen molar-refractivity contribution in [2.75, 3.05) is 24.5 Å². The van der Waals surface area contributed by atoms with Crippen LogP contribution in [0.25, 0.3) is 0 Å². The van der Waals surface area contributed by atoms with Gasteiger partial charge in [0, 0.05) is 18.1 Å². The van der Waals surface area contributed by atoms with Gasteiger partial charge in [0.15, 0.2) is 11.5 Å². The molecule has 2 N–H and O–H groups in total. The molecule has 13 heteroatoms. The lowest BCUT2D eigenvalue weighted by Gasteiger charge is -2.50. The van der Waals surface area contributed by atoms with Gasteiger partial charge in [-0.2, -0.15) is 5.01 Å². The number of carbonyl (C=O) groups excluding carboxylic acids is 4.